The number of nitrogens with zero attached hydrogens (tertiary/aromatic N) is 1. The van der Waals surface area contributed by atoms with Crippen LogP contribution in [-0.4, -0.2) is 16.8 Å². The number of nitrogens with two attached hydrogens (primary N) is 1. The van der Waals surface area contributed by atoms with E-state index in [1.807, 2.05) is 30.3 Å². The van der Waals surface area contributed by atoms with Crippen molar-refractivity contribution in [2.45, 2.75) is 6.61 Å². The van der Waals surface area contributed by atoms with E-state index in [2.05, 4.69) is 10.3 Å². The third kappa shape index (κ3) is 4.24. The molecule has 1 heterocycles. The van der Waals surface area contributed by atoms with Crippen molar-refractivity contribution in [1.29, 1.82) is 0 Å². The van der Waals surface area contributed by atoms with Crippen LogP contribution in [0.4, 0.5) is 5.69 Å². The maximum Gasteiger partial charge on any atom is 0.255 e. The van der Waals surface area contributed by atoms with Crippen LogP contribution in [0.5, 0.6) is 5.88 Å². The fraction of sp³-hybridized carbons (Fsp3) is 0.0500. The Bertz CT molecular complexity index is 926. The third-order valence-corrected chi connectivity index (χ3v) is 3.67. The van der Waals surface area contributed by atoms with Crippen LogP contribution in [0.2, 0.25) is 0 Å². The van der Waals surface area contributed by atoms with Crippen molar-refractivity contribution in [1.82, 2.24) is 4.98 Å². The fourth-order valence-electron chi connectivity index (χ4n) is 2.36. The van der Waals surface area contributed by atoms with Crippen LogP contribution >= 0.6 is 0 Å². The van der Waals surface area contributed by atoms with Gasteiger partial charge in [-0.05, 0) is 23.8 Å². The molecule has 0 aliphatic carbocycles. The van der Waals surface area contributed by atoms with E-state index in [0.717, 1.165) is 5.56 Å². The van der Waals surface area contributed by atoms with E-state index in [1.165, 1.54) is 6.20 Å². The Balaban J connectivity index is 1.71. The van der Waals surface area contributed by atoms with Gasteiger partial charge in [-0.15, -0.1) is 0 Å². The molecule has 3 rings (SSSR count). The van der Waals surface area contributed by atoms with Crippen LogP contribution in [0.15, 0.2) is 72.9 Å². The van der Waals surface area contributed by atoms with Gasteiger partial charge < -0.3 is 15.8 Å². The molecule has 3 aromatic rings. The van der Waals surface area contributed by atoms with E-state index in [4.69, 9.17) is 10.5 Å². The maximum absolute atomic E-state index is 12.5. The van der Waals surface area contributed by atoms with Gasteiger partial charge in [0.15, 0.2) is 0 Å². The second-order valence-corrected chi connectivity index (χ2v) is 5.52. The molecule has 0 unspecified atom stereocenters. The molecule has 2 aromatic carbocycles. The molecule has 6 heteroatoms. The van der Waals surface area contributed by atoms with Gasteiger partial charge in [-0.2, -0.15) is 0 Å². The Labute approximate surface area is 150 Å². The molecule has 0 aliphatic heterocycles. The predicted octanol–water partition coefficient (Wildman–Crippen LogP) is 3.01. The lowest BCUT2D eigenvalue weighted by atomic mass is 10.1. The summed E-state index contributed by atoms with van der Waals surface area (Å²) in [6.07, 6.45) is 1.50. The molecular weight excluding hydrogens is 330 g/mol. The standard InChI is InChI=1S/C20H17N3O3/c21-19(24)16-8-4-5-9-17(16)23-20(25)15-10-11-22-18(12-15)26-13-14-6-2-1-3-7-14/h1-12H,13H2,(H2,21,24)(H,23,25). The summed E-state index contributed by atoms with van der Waals surface area (Å²) in [7, 11) is 0. The first-order valence-corrected chi connectivity index (χ1v) is 7.96. The van der Waals surface area contributed by atoms with Gasteiger partial charge in [-0.1, -0.05) is 42.5 Å². The lowest BCUT2D eigenvalue weighted by Gasteiger charge is -2.10. The number of rotatable bonds is 6. The minimum Gasteiger partial charge on any atom is -0.473 e. The van der Waals surface area contributed by atoms with E-state index >= 15 is 0 Å². The second kappa shape index (κ2) is 7.94. The number of primary amides is 1. The summed E-state index contributed by atoms with van der Waals surface area (Å²) in [6, 6.07) is 19.3. The van der Waals surface area contributed by atoms with Gasteiger partial charge in [0.05, 0.1) is 11.3 Å². The molecule has 0 fully saturated rings. The maximum atomic E-state index is 12.5. The monoisotopic (exact) mass is 347 g/mol. The molecule has 26 heavy (non-hydrogen) atoms. The van der Waals surface area contributed by atoms with Crippen LogP contribution in [0.3, 0.4) is 0 Å². The highest BCUT2D eigenvalue weighted by molar-refractivity contribution is 6.08. The van der Waals surface area contributed by atoms with Crippen molar-refractivity contribution in [3.8, 4) is 5.88 Å². The quantitative estimate of drug-likeness (QED) is 0.716. The summed E-state index contributed by atoms with van der Waals surface area (Å²) in [5.41, 5.74) is 7.29. The summed E-state index contributed by atoms with van der Waals surface area (Å²) in [6.45, 7) is 0.351. The first-order chi connectivity index (χ1) is 12.6. The van der Waals surface area contributed by atoms with Gasteiger partial charge in [0.1, 0.15) is 6.61 Å². The fourth-order valence-corrected chi connectivity index (χ4v) is 2.36. The van der Waals surface area contributed by atoms with E-state index in [1.54, 1.807) is 36.4 Å². The zero-order chi connectivity index (χ0) is 18.4. The number of hydrogen-bond acceptors (Lipinski definition) is 4. The van der Waals surface area contributed by atoms with E-state index in [9.17, 15) is 9.59 Å². The molecular formula is C20H17N3O3. The number of carbonyl (C=O) groups is 2. The average molecular weight is 347 g/mol. The molecule has 0 saturated carbocycles. The number of pyridine rings is 1. The largest absolute Gasteiger partial charge is 0.473 e. The van der Waals surface area contributed by atoms with Crippen molar-refractivity contribution in [3.05, 3.63) is 89.6 Å². The summed E-state index contributed by atoms with van der Waals surface area (Å²) in [5, 5.41) is 2.69. The highest BCUT2D eigenvalue weighted by Gasteiger charge is 2.12. The molecule has 0 bridgehead atoms. The average Bonchev–Trinajstić information content (AvgIpc) is 2.67. The van der Waals surface area contributed by atoms with Gasteiger partial charge in [0.25, 0.3) is 11.8 Å². The number of hydrogen-bond donors (Lipinski definition) is 2. The molecule has 2 amide bonds. The number of aromatic nitrogens is 1. The van der Waals surface area contributed by atoms with E-state index in [0.29, 0.717) is 23.7 Å². The minimum absolute atomic E-state index is 0.246. The molecule has 0 aliphatic rings. The lowest BCUT2D eigenvalue weighted by Crippen LogP contribution is -2.18. The lowest BCUT2D eigenvalue weighted by molar-refractivity contribution is 0.100. The Morgan fingerprint density at radius 2 is 1.73 bits per heavy atom. The second-order valence-electron chi connectivity index (χ2n) is 5.52. The van der Waals surface area contributed by atoms with Crippen LogP contribution in [0.25, 0.3) is 0 Å². The Morgan fingerprint density at radius 3 is 2.50 bits per heavy atom. The smallest absolute Gasteiger partial charge is 0.255 e. The summed E-state index contributed by atoms with van der Waals surface area (Å²) >= 11 is 0. The molecule has 1 aromatic heterocycles. The predicted molar refractivity (Wildman–Crippen MR) is 97.9 cm³/mol. The minimum atomic E-state index is -0.609. The molecule has 0 saturated heterocycles. The van der Waals surface area contributed by atoms with Crippen LogP contribution in [0.1, 0.15) is 26.3 Å². The third-order valence-electron chi connectivity index (χ3n) is 3.67. The number of ether oxygens (including phenoxy) is 1. The van der Waals surface area contributed by atoms with E-state index in [-0.39, 0.29) is 11.5 Å². The number of anilines is 1. The van der Waals surface area contributed by atoms with Crippen molar-refractivity contribution in [3.63, 3.8) is 0 Å². The Kier molecular flexibility index (Phi) is 5.24. The molecule has 3 N–H and O–H groups in total. The normalized spacial score (nSPS) is 10.2. The van der Waals surface area contributed by atoms with Crippen LogP contribution in [0, 0.1) is 0 Å². The van der Waals surface area contributed by atoms with Crippen molar-refractivity contribution in [2.75, 3.05) is 5.32 Å². The van der Waals surface area contributed by atoms with Crippen molar-refractivity contribution >= 4 is 17.5 Å². The molecule has 0 spiro atoms. The number of benzene rings is 2. The first-order valence-electron chi connectivity index (χ1n) is 7.96. The van der Waals surface area contributed by atoms with Crippen molar-refractivity contribution in [2.24, 2.45) is 5.73 Å². The number of carbonyl (C=O) groups excluding carboxylic acids is 2. The summed E-state index contributed by atoms with van der Waals surface area (Å²) in [5.74, 6) is -0.655. The zero-order valence-corrected chi connectivity index (χ0v) is 13.9. The number of amides is 2. The Morgan fingerprint density at radius 1 is 1.00 bits per heavy atom. The molecule has 0 radical (unpaired) electrons. The molecule has 6 nitrogen and oxygen atoms in total. The number of nitrogens with one attached hydrogen (secondary N) is 1. The van der Waals surface area contributed by atoms with Gasteiger partial charge in [-0.3, -0.25) is 9.59 Å². The highest BCUT2D eigenvalue weighted by atomic mass is 16.5. The Hall–Kier alpha value is -3.67. The van der Waals surface area contributed by atoms with Crippen LogP contribution in [-0.2, 0) is 6.61 Å². The van der Waals surface area contributed by atoms with Gasteiger partial charge in [-0.25, -0.2) is 4.98 Å². The number of para-hydroxylation sites is 1. The summed E-state index contributed by atoms with van der Waals surface area (Å²) in [4.78, 5) is 28.0. The van der Waals surface area contributed by atoms with Crippen LogP contribution < -0.4 is 15.8 Å². The van der Waals surface area contributed by atoms with Gasteiger partial charge >= 0.3 is 0 Å². The van der Waals surface area contributed by atoms with Gasteiger partial charge in [0.2, 0.25) is 5.88 Å². The van der Waals surface area contributed by atoms with Crippen molar-refractivity contribution < 1.29 is 14.3 Å². The van der Waals surface area contributed by atoms with Gasteiger partial charge in [0, 0.05) is 17.8 Å². The summed E-state index contributed by atoms with van der Waals surface area (Å²) < 4.78 is 5.63. The first kappa shape index (κ1) is 17.2. The molecule has 130 valence electrons. The molecule has 0 atom stereocenters. The topological polar surface area (TPSA) is 94.3 Å². The highest BCUT2D eigenvalue weighted by Crippen LogP contribution is 2.17. The van der Waals surface area contributed by atoms with E-state index < -0.39 is 5.91 Å². The SMILES string of the molecule is NC(=O)c1ccccc1NC(=O)c1ccnc(OCc2ccccc2)c1. The zero-order valence-electron chi connectivity index (χ0n) is 13.9.